The van der Waals surface area contributed by atoms with Crippen molar-refractivity contribution in [2.24, 2.45) is 11.1 Å². The Morgan fingerprint density at radius 2 is 2.12 bits per heavy atom. The van der Waals surface area contributed by atoms with Crippen LogP contribution < -0.4 is 5.73 Å². The molecule has 0 aromatic rings. The molecule has 1 rings (SSSR count). The van der Waals surface area contributed by atoms with Gasteiger partial charge in [-0.1, -0.05) is 13.8 Å². The first-order valence-electron chi connectivity index (χ1n) is 6.67. The van der Waals surface area contributed by atoms with Crippen molar-refractivity contribution >= 4 is 5.97 Å². The number of nitrogens with two attached hydrogens (primary N) is 1. The van der Waals surface area contributed by atoms with Crippen LogP contribution in [0.2, 0.25) is 0 Å². The molecule has 0 amide bonds. The van der Waals surface area contributed by atoms with Crippen LogP contribution in [0.4, 0.5) is 0 Å². The topological polar surface area (TPSA) is 61.6 Å². The first-order valence-corrected chi connectivity index (χ1v) is 6.67. The quantitative estimate of drug-likeness (QED) is 0.723. The summed E-state index contributed by atoms with van der Waals surface area (Å²) in [4.78, 5) is 12.0. The molecule has 0 saturated carbocycles. The molecule has 0 aliphatic carbocycles. The number of carbonyl (C=O) groups is 1. The van der Waals surface area contributed by atoms with Crippen LogP contribution in [0.15, 0.2) is 0 Å². The highest BCUT2D eigenvalue weighted by molar-refractivity contribution is 5.77. The van der Waals surface area contributed by atoms with Gasteiger partial charge in [0.25, 0.3) is 0 Å². The molecule has 1 atom stereocenters. The van der Waals surface area contributed by atoms with Crippen molar-refractivity contribution < 1.29 is 14.3 Å². The molecule has 0 radical (unpaired) electrons. The maximum Gasteiger partial charge on any atom is 0.313 e. The van der Waals surface area contributed by atoms with E-state index in [2.05, 4.69) is 0 Å². The fourth-order valence-corrected chi connectivity index (χ4v) is 2.17. The first-order chi connectivity index (χ1) is 8.18. The van der Waals surface area contributed by atoms with Gasteiger partial charge in [0, 0.05) is 13.2 Å². The van der Waals surface area contributed by atoms with Gasteiger partial charge < -0.3 is 15.2 Å². The molecule has 1 saturated heterocycles. The molecule has 0 aromatic heterocycles. The molecule has 100 valence electrons. The minimum absolute atomic E-state index is 0.0805. The lowest BCUT2D eigenvalue weighted by molar-refractivity contribution is -0.161. The van der Waals surface area contributed by atoms with Gasteiger partial charge in [-0.2, -0.15) is 0 Å². The van der Waals surface area contributed by atoms with Crippen molar-refractivity contribution in [2.75, 3.05) is 19.8 Å². The Kier molecular flexibility index (Phi) is 5.92. The van der Waals surface area contributed by atoms with E-state index >= 15 is 0 Å². The van der Waals surface area contributed by atoms with Crippen LogP contribution in [0.5, 0.6) is 0 Å². The molecular formula is C13H25NO3. The van der Waals surface area contributed by atoms with Gasteiger partial charge in [-0.15, -0.1) is 0 Å². The molecule has 2 N–H and O–H groups in total. The van der Waals surface area contributed by atoms with E-state index in [1.165, 1.54) is 0 Å². The zero-order valence-electron chi connectivity index (χ0n) is 11.0. The standard InChI is InChI=1S/C13H25NO3/c1-3-13(4-2,10-14)12(15)17-9-11-7-5-6-8-16-11/h11H,3-10,14H2,1-2H3. The van der Waals surface area contributed by atoms with Gasteiger partial charge >= 0.3 is 5.97 Å². The highest BCUT2D eigenvalue weighted by atomic mass is 16.6. The molecule has 0 aromatic carbocycles. The van der Waals surface area contributed by atoms with Crippen molar-refractivity contribution in [1.29, 1.82) is 0 Å². The predicted molar refractivity (Wildman–Crippen MR) is 66.6 cm³/mol. The zero-order valence-corrected chi connectivity index (χ0v) is 11.0. The van der Waals surface area contributed by atoms with Crippen molar-refractivity contribution in [3.63, 3.8) is 0 Å². The SMILES string of the molecule is CCC(CC)(CN)C(=O)OCC1CCCCO1. The van der Waals surface area contributed by atoms with Crippen LogP contribution in [0.3, 0.4) is 0 Å². The summed E-state index contributed by atoms with van der Waals surface area (Å²) in [5, 5.41) is 0. The Hall–Kier alpha value is -0.610. The molecule has 17 heavy (non-hydrogen) atoms. The second kappa shape index (κ2) is 6.97. The minimum Gasteiger partial charge on any atom is -0.462 e. The smallest absolute Gasteiger partial charge is 0.313 e. The summed E-state index contributed by atoms with van der Waals surface area (Å²) in [5.74, 6) is -0.167. The number of hydrogen-bond acceptors (Lipinski definition) is 4. The highest BCUT2D eigenvalue weighted by Gasteiger charge is 2.35. The largest absolute Gasteiger partial charge is 0.462 e. The highest BCUT2D eigenvalue weighted by Crippen LogP contribution is 2.27. The third-order valence-corrected chi connectivity index (χ3v) is 3.85. The summed E-state index contributed by atoms with van der Waals surface area (Å²) < 4.78 is 10.9. The molecule has 0 bridgehead atoms. The van der Waals surface area contributed by atoms with Crippen molar-refractivity contribution in [3.8, 4) is 0 Å². The maximum absolute atomic E-state index is 12.0. The Morgan fingerprint density at radius 3 is 2.59 bits per heavy atom. The van der Waals surface area contributed by atoms with E-state index in [1.54, 1.807) is 0 Å². The Morgan fingerprint density at radius 1 is 1.41 bits per heavy atom. The van der Waals surface area contributed by atoms with Crippen molar-refractivity contribution in [1.82, 2.24) is 0 Å². The van der Waals surface area contributed by atoms with Gasteiger partial charge in [0.15, 0.2) is 0 Å². The summed E-state index contributed by atoms with van der Waals surface area (Å²) in [5.41, 5.74) is 5.20. The van der Waals surface area contributed by atoms with E-state index < -0.39 is 5.41 Å². The van der Waals surface area contributed by atoms with Crippen LogP contribution >= 0.6 is 0 Å². The lowest BCUT2D eigenvalue weighted by atomic mass is 9.82. The number of esters is 1. The predicted octanol–water partition coefficient (Wildman–Crippen LogP) is 1.86. The third kappa shape index (κ3) is 3.68. The van der Waals surface area contributed by atoms with Crippen LogP contribution in [-0.2, 0) is 14.3 Å². The van der Waals surface area contributed by atoms with E-state index in [1.807, 2.05) is 13.8 Å². The molecule has 1 unspecified atom stereocenters. The zero-order chi connectivity index (χ0) is 12.7. The first kappa shape index (κ1) is 14.5. The molecular weight excluding hydrogens is 218 g/mol. The molecule has 4 heteroatoms. The maximum atomic E-state index is 12.0. The summed E-state index contributed by atoms with van der Waals surface area (Å²) in [6.45, 7) is 5.47. The normalized spacial score (nSPS) is 21.2. The van der Waals surface area contributed by atoms with Crippen LogP contribution in [-0.4, -0.2) is 31.8 Å². The number of carbonyl (C=O) groups excluding carboxylic acids is 1. The van der Waals surface area contributed by atoms with Crippen molar-refractivity contribution in [2.45, 2.75) is 52.1 Å². The van der Waals surface area contributed by atoms with Crippen molar-refractivity contribution in [3.05, 3.63) is 0 Å². The molecule has 1 aliphatic rings. The van der Waals surface area contributed by atoms with Gasteiger partial charge in [-0.3, -0.25) is 4.79 Å². The second-order valence-corrected chi connectivity index (χ2v) is 4.78. The van der Waals surface area contributed by atoms with Gasteiger partial charge in [-0.25, -0.2) is 0 Å². The average molecular weight is 243 g/mol. The number of ether oxygens (including phenoxy) is 2. The second-order valence-electron chi connectivity index (χ2n) is 4.78. The van der Waals surface area contributed by atoms with Gasteiger partial charge in [-0.05, 0) is 32.1 Å². The number of rotatable bonds is 6. The summed E-state index contributed by atoms with van der Waals surface area (Å²) in [7, 11) is 0. The molecule has 1 aliphatic heterocycles. The van der Waals surface area contributed by atoms with E-state index in [4.69, 9.17) is 15.2 Å². The summed E-state index contributed by atoms with van der Waals surface area (Å²) >= 11 is 0. The van der Waals surface area contributed by atoms with E-state index in [9.17, 15) is 4.79 Å². The number of hydrogen-bond donors (Lipinski definition) is 1. The summed E-state index contributed by atoms with van der Waals surface area (Å²) in [6.07, 6.45) is 4.79. The molecule has 4 nitrogen and oxygen atoms in total. The fourth-order valence-electron chi connectivity index (χ4n) is 2.17. The lowest BCUT2D eigenvalue weighted by Crippen LogP contribution is -2.40. The lowest BCUT2D eigenvalue weighted by Gasteiger charge is -2.29. The van der Waals surface area contributed by atoms with Gasteiger partial charge in [0.05, 0.1) is 11.5 Å². The van der Waals surface area contributed by atoms with E-state index in [-0.39, 0.29) is 12.1 Å². The average Bonchev–Trinajstić information content (AvgIpc) is 2.40. The van der Waals surface area contributed by atoms with E-state index in [0.29, 0.717) is 13.2 Å². The Balaban J connectivity index is 2.41. The Bertz CT molecular complexity index is 225. The monoisotopic (exact) mass is 243 g/mol. The molecule has 1 fully saturated rings. The van der Waals surface area contributed by atoms with Gasteiger partial charge in [0.1, 0.15) is 6.61 Å². The van der Waals surface area contributed by atoms with Crippen LogP contribution in [0.1, 0.15) is 46.0 Å². The summed E-state index contributed by atoms with van der Waals surface area (Å²) in [6, 6.07) is 0. The van der Waals surface area contributed by atoms with Crippen LogP contribution in [0, 0.1) is 5.41 Å². The fraction of sp³-hybridized carbons (Fsp3) is 0.923. The van der Waals surface area contributed by atoms with E-state index in [0.717, 1.165) is 38.7 Å². The van der Waals surface area contributed by atoms with Gasteiger partial charge in [0.2, 0.25) is 0 Å². The Labute approximate surface area is 104 Å². The van der Waals surface area contributed by atoms with Crippen LogP contribution in [0.25, 0.3) is 0 Å². The third-order valence-electron chi connectivity index (χ3n) is 3.85. The molecule has 0 spiro atoms. The minimum atomic E-state index is -0.505. The molecule has 1 heterocycles.